The molecule has 1 saturated heterocycles. The van der Waals surface area contributed by atoms with E-state index in [4.69, 9.17) is 9.47 Å². The molecular formula is C20H27N3O2. The van der Waals surface area contributed by atoms with E-state index in [1.54, 1.807) is 14.2 Å². The van der Waals surface area contributed by atoms with Crippen LogP contribution >= 0.6 is 0 Å². The van der Waals surface area contributed by atoms with Gasteiger partial charge in [0.25, 0.3) is 0 Å². The fourth-order valence-corrected chi connectivity index (χ4v) is 3.08. The summed E-state index contributed by atoms with van der Waals surface area (Å²) in [6, 6.07) is 4.67. The number of likely N-dealkylation sites (N-methyl/N-ethyl adjacent to an activating group) is 1. The maximum absolute atomic E-state index is 5.66. The molecule has 2 heterocycles. The number of hydrogen-bond acceptors (Lipinski definition) is 5. The topological polar surface area (TPSA) is 45.8 Å². The molecule has 0 unspecified atom stereocenters. The van der Waals surface area contributed by atoms with Crippen LogP contribution in [0.15, 0.2) is 42.3 Å². The second-order valence-electron chi connectivity index (χ2n) is 6.56. The molecular weight excluding hydrogens is 314 g/mol. The van der Waals surface area contributed by atoms with Crippen LogP contribution in [0, 0.1) is 0 Å². The molecule has 25 heavy (non-hydrogen) atoms. The number of hydrogen-bond donors (Lipinski definition) is 2. The number of nitrogens with one attached hydrogen (secondary N) is 2. The van der Waals surface area contributed by atoms with Gasteiger partial charge < -0.3 is 25.0 Å². The van der Waals surface area contributed by atoms with Crippen LogP contribution < -0.4 is 20.1 Å². The van der Waals surface area contributed by atoms with Crippen LogP contribution in [0.1, 0.15) is 18.1 Å². The Hall–Kier alpha value is -2.24. The minimum absolute atomic E-state index is 0.514. The molecule has 1 aromatic rings. The van der Waals surface area contributed by atoms with Crippen molar-refractivity contribution in [2.75, 3.05) is 34.4 Å². The van der Waals surface area contributed by atoms with Gasteiger partial charge in [0.05, 0.1) is 14.2 Å². The van der Waals surface area contributed by atoms with Crippen LogP contribution in [-0.4, -0.2) is 45.3 Å². The minimum atomic E-state index is 0.514. The molecule has 0 aliphatic carbocycles. The highest BCUT2D eigenvalue weighted by Crippen LogP contribution is 2.36. The Bertz CT molecular complexity index is 707. The molecule has 2 aliphatic rings. The lowest BCUT2D eigenvalue weighted by molar-refractivity contribution is 0.348. The third-order valence-corrected chi connectivity index (χ3v) is 4.88. The van der Waals surface area contributed by atoms with E-state index in [1.807, 2.05) is 11.9 Å². The van der Waals surface area contributed by atoms with Crippen LogP contribution in [0.4, 0.5) is 0 Å². The molecule has 0 saturated carbocycles. The van der Waals surface area contributed by atoms with E-state index in [2.05, 4.69) is 48.5 Å². The van der Waals surface area contributed by atoms with Crippen molar-refractivity contribution in [3.8, 4) is 11.5 Å². The van der Waals surface area contributed by atoms with Gasteiger partial charge in [-0.15, -0.1) is 0 Å². The Kier molecular flexibility index (Phi) is 5.16. The molecule has 0 atom stereocenters. The smallest absolute Gasteiger partial charge is 0.127 e. The highest BCUT2D eigenvalue weighted by Gasteiger charge is 2.20. The van der Waals surface area contributed by atoms with Crippen molar-refractivity contribution in [1.29, 1.82) is 0 Å². The summed E-state index contributed by atoms with van der Waals surface area (Å²) in [7, 11) is 5.42. The molecule has 0 spiro atoms. The predicted molar refractivity (Wildman–Crippen MR) is 102 cm³/mol. The third kappa shape index (κ3) is 3.57. The Labute approximate surface area is 150 Å². The van der Waals surface area contributed by atoms with Crippen LogP contribution in [0.3, 0.4) is 0 Å². The van der Waals surface area contributed by atoms with Gasteiger partial charge in [0.15, 0.2) is 0 Å². The summed E-state index contributed by atoms with van der Waals surface area (Å²) in [6.07, 6.45) is 4.23. The molecule has 3 rings (SSSR count). The summed E-state index contributed by atoms with van der Waals surface area (Å²) in [5, 5.41) is 6.80. The number of benzene rings is 1. The lowest BCUT2D eigenvalue weighted by Crippen LogP contribution is -2.55. The van der Waals surface area contributed by atoms with Crippen molar-refractivity contribution in [2.45, 2.75) is 19.5 Å². The molecule has 1 fully saturated rings. The second kappa shape index (κ2) is 7.33. The van der Waals surface area contributed by atoms with Gasteiger partial charge in [-0.05, 0) is 41.8 Å². The molecule has 2 N–H and O–H groups in total. The van der Waals surface area contributed by atoms with Crippen molar-refractivity contribution < 1.29 is 9.47 Å². The van der Waals surface area contributed by atoms with Crippen molar-refractivity contribution >= 4 is 5.57 Å². The predicted octanol–water partition coefficient (Wildman–Crippen LogP) is 2.51. The minimum Gasteiger partial charge on any atom is -0.496 e. The highest BCUT2D eigenvalue weighted by molar-refractivity contribution is 5.79. The van der Waals surface area contributed by atoms with Gasteiger partial charge in [0.1, 0.15) is 11.5 Å². The van der Waals surface area contributed by atoms with Gasteiger partial charge in [0, 0.05) is 50.2 Å². The summed E-state index contributed by atoms with van der Waals surface area (Å²) < 4.78 is 11.3. The zero-order valence-corrected chi connectivity index (χ0v) is 15.5. The maximum atomic E-state index is 5.66. The fraction of sp³-hybridized carbons (Fsp3) is 0.400. The number of ether oxygens (including phenoxy) is 2. The molecule has 0 bridgehead atoms. The van der Waals surface area contributed by atoms with Gasteiger partial charge in [-0.3, -0.25) is 0 Å². The molecule has 5 nitrogen and oxygen atoms in total. The molecule has 2 aliphatic heterocycles. The molecule has 0 radical (unpaired) electrons. The third-order valence-electron chi connectivity index (χ3n) is 4.88. The standard InChI is InChI=1S/C20H27N3O2/c1-13-6-16(12-23(3)14(13)2)15-7-19(24-4)18(20(8-15)25-5)11-22-17-9-21-10-17/h6-8,12,17,21-22H,2,9-11H2,1,3-5H3. The van der Waals surface area contributed by atoms with Crippen molar-refractivity contribution in [3.63, 3.8) is 0 Å². The lowest BCUT2D eigenvalue weighted by atomic mass is 9.97. The van der Waals surface area contributed by atoms with Gasteiger partial charge >= 0.3 is 0 Å². The van der Waals surface area contributed by atoms with Crippen LogP contribution in [-0.2, 0) is 6.54 Å². The molecule has 0 amide bonds. The van der Waals surface area contributed by atoms with Crippen molar-refractivity contribution in [3.05, 3.63) is 53.4 Å². The summed E-state index contributed by atoms with van der Waals surface area (Å²) in [5.41, 5.74) is 5.41. The molecule has 0 aromatic heterocycles. The molecule has 5 heteroatoms. The monoisotopic (exact) mass is 341 g/mol. The Morgan fingerprint density at radius 2 is 1.88 bits per heavy atom. The van der Waals surface area contributed by atoms with E-state index in [1.165, 1.54) is 0 Å². The van der Waals surface area contributed by atoms with Crippen molar-refractivity contribution in [1.82, 2.24) is 15.5 Å². The van der Waals surface area contributed by atoms with E-state index < -0.39 is 0 Å². The quantitative estimate of drug-likeness (QED) is 0.832. The molecule has 1 aromatic carbocycles. The molecule has 134 valence electrons. The summed E-state index contributed by atoms with van der Waals surface area (Å²) in [6.45, 7) is 8.91. The van der Waals surface area contributed by atoms with Crippen molar-refractivity contribution in [2.24, 2.45) is 0 Å². The normalized spacial score (nSPS) is 17.8. The van der Waals surface area contributed by atoms with Gasteiger partial charge in [-0.2, -0.15) is 0 Å². The first-order chi connectivity index (χ1) is 12.0. The van der Waals surface area contributed by atoms with E-state index in [-0.39, 0.29) is 0 Å². The van der Waals surface area contributed by atoms with Gasteiger partial charge in [-0.25, -0.2) is 0 Å². The Balaban J connectivity index is 1.93. The number of methoxy groups -OCH3 is 2. The van der Waals surface area contributed by atoms with Crippen LogP contribution in [0.5, 0.6) is 11.5 Å². The lowest BCUT2D eigenvalue weighted by Gasteiger charge is -2.29. The largest absolute Gasteiger partial charge is 0.496 e. The first-order valence-corrected chi connectivity index (χ1v) is 8.55. The highest BCUT2D eigenvalue weighted by atomic mass is 16.5. The number of rotatable bonds is 6. The van der Waals surface area contributed by atoms with Gasteiger partial charge in [-0.1, -0.05) is 6.58 Å². The first-order valence-electron chi connectivity index (χ1n) is 8.55. The zero-order chi connectivity index (χ0) is 18.0. The van der Waals surface area contributed by atoms with E-state index in [0.717, 1.165) is 59.1 Å². The average Bonchev–Trinajstić information content (AvgIpc) is 2.57. The summed E-state index contributed by atoms with van der Waals surface area (Å²) in [5.74, 6) is 1.68. The number of allylic oxidation sites excluding steroid dienone is 3. The number of nitrogens with zero attached hydrogens (tertiary/aromatic N) is 1. The summed E-state index contributed by atoms with van der Waals surface area (Å²) in [4.78, 5) is 2.04. The van der Waals surface area contributed by atoms with Crippen LogP contribution in [0.25, 0.3) is 5.57 Å². The van der Waals surface area contributed by atoms with Crippen LogP contribution in [0.2, 0.25) is 0 Å². The Morgan fingerprint density at radius 1 is 1.24 bits per heavy atom. The van der Waals surface area contributed by atoms with E-state index in [0.29, 0.717) is 6.04 Å². The van der Waals surface area contributed by atoms with Gasteiger partial charge in [0.2, 0.25) is 0 Å². The van der Waals surface area contributed by atoms with E-state index in [9.17, 15) is 0 Å². The summed E-state index contributed by atoms with van der Waals surface area (Å²) >= 11 is 0. The SMILES string of the molecule is C=C1C(C)=CC(c2cc(OC)c(CNC3CNC3)c(OC)c2)=CN1C. The first kappa shape index (κ1) is 17.6. The Morgan fingerprint density at radius 3 is 2.36 bits per heavy atom. The maximum Gasteiger partial charge on any atom is 0.127 e. The van der Waals surface area contributed by atoms with E-state index >= 15 is 0 Å². The zero-order valence-electron chi connectivity index (χ0n) is 15.5. The fourth-order valence-electron chi connectivity index (χ4n) is 3.08. The second-order valence-corrected chi connectivity index (χ2v) is 6.56. The average molecular weight is 341 g/mol.